The zero-order chi connectivity index (χ0) is 15.3. The van der Waals surface area contributed by atoms with E-state index in [4.69, 9.17) is 0 Å². The van der Waals surface area contributed by atoms with Gasteiger partial charge in [0.05, 0.1) is 6.54 Å². The van der Waals surface area contributed by atoms with Crippen molar-refractivity contribution >= 4 is 10.2 Å². The van der Waals surface area contributed by atoms with Gasteiger partial charge in [0.25, 0.3) is 10.2 Å². The molecule has 1 saturated heterocycles. The van der Waals surface area contributed by atoms with Gasteiger partial charge in [0.1, 0.15) is 5.82 Å². The van der Waals surface area contributed by atoms with Crippen LogP contribution < -0.4 is 10.0 Å². The van der Waals surface area contributed by atoms with Crippen LogP contribution in [0.5, 0.6) is 0 Å². The highest BCUT2D eigenvalue weighted by Gasteiger charge is 2.27. The first-order valence-electron chi connectivity index (χ1n) is 7.44. The average molecular weight is 315 g/mol. The summed E-state index contributed by atoms with van der Waals surface area (Å²) < 4.78 is 28.5. The van der Waals surface area contributed by atoms with Gasteiger partial charge in [-0.15, -0.1) is 0 Å². The Morgan fingerprint density at radius 2 is 2.14 bits per heavy atom. The number of nitrogens with zero attached hydrogens (tertiary/aromatic N) is 2. The van der Waals surface area contributed by atoms with Crippen LogP contribution in [0.15, 0.2) is 12.4 Å². The molecule has 0 amide bonds. The lowest BCUT2D eigenvalue weighted by atomic mass is 9.98. The van der Waals surface area contributed by atoms with Crippen molar-refractivity contribution in [2.45, 2.75) is 39.3 Å². The number of H-pyrrole nitrogens is 1. The average Bonchev–Trinajstić information content (AvgIpc) is 2.97. The number of piperidine rings is 1. The van der Waals surface area contributed by atoms with Crippen LogP contribution in [0.2, 0.25) is 0 Å². The zero-order valence-electron chi connectivity index (χ0n) is 12.7. The third kappa shape index (κ3) is 5.06. The maximum Gasteiger partial charge on any atom is 0.279 e. The minimum atomic E-state index is -3.41. The van der Waals surface area contributed by atoms with E-state index < -0.39 is 10.2 Å². The summed E-state index contributed by atoms with van der Waals surface area (Å²) in [5.41, 5.74) is 0. The molecule has 0 aliphatic carbocycles. The largest absolute Gasteiger partial charge is 0.347 e. The highest BCUT2D eigenvalue weighted by molar-refractivity contribution is 7.87. The minimum Gasteiger partial charge on any atom is -0.347 e. The summed E-state index contributed by atoms with van der Waals surface area (Å²) in [6.07, 6.45) is 5.09. The Labute approximate surface area is 126 Å². The molecule has 2 rings (SSSR count). The quantitative estimate of drug-likeness (QED) is 0.681. The molecule has 3 N–H and O–H groups in total. The standard InChI is InChI=1S/C13H25N5O2S/c1-11(2)16-9-12-3-7-18(8-4-12)21(19,20)17-10-13-14-5-6-15-13/h5-6,11-12,16-17H,3-4,7-10H2,1-2H3,(H,14,15). The Hall–Kier alpha value is -0.960. The normalized spacial score (nSPS) is 18.4. The van der Waals surface area contributed by atoms with Gasteiger partial charge in [-0.3, -0.25) is 0 Å². The van der Waals surface area contributed by atoms with E-state index in [9.17, 15) is 8.42 Å². The summed E-state index contributed by atoms with van der Waals surface area (Å²) in [5.74, 6) is 1.18. The second kappa shape index (κ2) is 7.35. The molecule has 1 fully saturated rings. The topological polar surface area (TPSA) is 90.1 Å². The van der Waals surface area contributed by atoms with Crippen LogP contribution in [0.25, 0.3) is 0 Å². The highest BCUT2D eigenvalue weighted by Crippen LogP contribution is 2.18. The molecule has 2 heterocycles. The van der Waals surface area contributed by atoms with E-state index in [2.05, 4.69) is 33.9 Å². The van der Waals surface area contributed by atoms with Gasteiger partial charge >= 0.3 is 0 Å². The molecule has 0 aromatic carbocycles. The zero-order valence-corrected chi connectivity index (χ0v) is 13.5. The van der Waals surface area contributed by atoms with Crippen LogP contribution >= 0.6 is 0 Å². The fourth-order valence-corrected chi connectivity index (χ4v) is 3.59. The fourth-order valence-electron chi connectivity index (χ4n) is 2.40. The van der Waals surface area contributed by atoms with Gasteiger partial charge < -0.3 is 10.3 Å². The molecule has 120 valence electrons. The summed E-state index contributed by atoms with van der Waals surface area (Å²) in [6, 6.07) is 0.474. The van der Waals surface area contributed by atoms with Gasteiger partial charge in [0.2, 0.25) is 0 Å². The summed E-state index contributed by atoms with van der Waals surface area (Å²) in [5, 5.41) is 3.42. The first kappa shape index (κ1) is 16.4. The molecule has 8 heteroatoms. The van der Waals surface area contributed by atoms with Crippen molar-refractivity contribution in [2.24, 2.45) is 5.92 Å². The van der Waals surface area contributed by atoms with E-state index in [-0.39, 0.29) is 6.54 Å². The maximum absolute atomic E-state index is 12.2. The van der Waals surface area contributed by atoms with Crippen LogP contribution in [0.4, 0.5) is 0 Å². The van der Waals surface area contributed by atoms with E-state index in [1.807, 2.05) is 0 Å². The maximum atomic E-state index is 12.2. The van der Waals surface area contributed by atoms with Crippen molar-refractivity contribution < 1.29 is 8.42 Å². The lowest BCUT2D eigenvalue weighted by molar-refractivity contribution is 0.261. The lowest BCUT2D eigenvalue weighted by Crippen LogP contribution is -2.46. The molecule has 0 saturated carbocycles. The van der Waals surface area contributed by atoms with Crippen molar-refractivity contribution in [3.63, 3.8) is 0 Å². The van der Waals surface area contributed by atoms with E-state index in [0.29, 0.717) is 30.9 Å². The molecular formula is C13H25N5O2S. The molecule has 0 radical (unpaired) electrons. The molecule has 0 bridgehead atoms. The van der Waals surface area contributed by atoms with Crippen molar-refractivity contribution in [1.29, 1.82) is 0 Å². The molecule has 7 nitrogen and oxygen atoms in total. The van der Waals surface area contributed by atoms with Gasteiger partial charge in [-0.05, 0) is 25.3 Å². The van der Waals surface area contributed by atoms with Crippen molar-refractivity contribution in [1.82, 2.24) is 24.3 Å². The van der Waals surface area contributed by atoms with Crippen LogP contribution in [0.3, 0.4) is 0 Å². The first-order chi connectivity index (χ1) is 9.97. The Kier molecular flexibility index (Phi) is 5.74. The molecule has 1 aliphatic heterocycles. The second-order valence-corrected chi connectivity index (χ2v) is 7.52. The van der Waals surface area contributed by atoms with Crippen LogP contribution in [-0.2, 0) is 16.8 Å². The molecule has 1 aliphatic rings. The Balaban J connectivity index is 1.77. The number of aromatic nitrogens is 2. The molecular weight excluding hydrogens is 290 g/mol. The van der Waals surface area contributed by atoms with Gasteiger partial charge in [0, 0.05) is 31.5 Å². The number of nitrogens with one attached hydrogen (secondary N) is 3. The molecule has 1 aromatic rings. The van der Waals surface area contributed by atoms with Crippen molar-refractivity contribution in [3.8, 4) is 0 Å². The minimum absolute atomic E-state index is 0.199. The highest BCUT2D eigenvalue weighted by atomic mass is 32.2. The summed E-state index contributed by atoms with van der Waals surface area (Å²) in [4.78, 5) is 6.89. The number of rotatable bonds is 7. The molecule has 0 unspecified atom stereocenters. The van der Waals surface area contributed by atoms with Crippen LogP contribution in [-0.4, -0.2) is 48.4 Å². The van der Waals surface area contributed by atoms with E-state index in [1.54, 1.807) is 12.4 Å². The van der Waals surface area contributed by atoms with Gasteiger partial charge in [-0.2, -0.15) is 17.4 Å². The van der Waals surface area contributed by atoms with Gasteiger partial charge in [0.15, 0.2) is 0 Å². The van der Waals surface area contributed by atoms with Gasteiger partial charge in [-0.25, -0.2) is 4.98 Å². The molecule has 0 atom stereocenters. The Morgan fingerprint density at radius 1 is 1.43 bits per heavy atom. The third-order valence-corrected chi connectivity index (χ3v) is 5.26. The van der Waals surface area contributed by atoms with E-state index in [1.165, 1.54) is 4.31 Å². The number of hydrogen-bond acceptors (Lipinski definition) is 4. The third-order valence-electron chi connectivity index (χ3n) is 3.71. The summed E-state index contributed by atoms with van der Waals surface area (Å²) in [7, 11) is -3.41. The Morgan fingerprint density at radius 3 is 2.71 bits per heavy atom. The first-order valence-corrected chi connectivity index (χ1v) is 8.88. The van der Waals surface area contributed by atoms with Crippen molar-refractivity contribution in [2.75, 3.05) is 19.6 Å². The predicted octanol–water partition coefficient (Wildman–Crippen LogP) is 0.454. The number of hydrogen-bond donors (Lipinski definition) is 3. The van der Waals surface area contributed by atoms with Crippen molar-refractivity contribution in [3.05, 3.63) is 18.2 Å². The molecule has 0 spiro atoms. The van der Waals surface area contributed by atoms with Crippen LogP contribution in [0.1, 0.15) is 32.5 Å². The lowest BCUT2D eigenvalue weighted by Gasteiger charge is -2.31. The number of aromatic amines is 1. The summed E-state index contributed by atoms with van der Waals surface area (Å²) in [6.45, 7) is 6.57. The smallest absolute Gasteiger partial charge is 0.279 e. The second-order valence-electron chi connectivity index (χ2n) is 5.77. The molecule has 1 aromatic heterocycles. The van der Waals surface area contributed by atoms with E-state index in [0.717, 1.165) is 19.4 Å². The van der Waals surface area contributed by atoms with Crippen LogP contribution in [0, 0.1) is 5.92 Å². The number of imidazole rings is 1. The SMILES string of the molecule is CC(C)NCC1CCN(S(=O)(=O)NCc2ncc[nH]2)CC1. The fraction of sp³-hybridized carbons (Fsp3) is 0.769. The van der Waals surface area contributed by atoms with E-state index >= 15 is 0 Å². The summed E-state index contributed by atoms with van der Waals surface area (Å²) >= 11 is 0. The monoisotopic (exact) mass is 315 g/mol. The predicted molar refractivity (Wildman–Crippen MR) is 81.8 cm³/mol. The molecule has 21 heavy (non-hydrogen) atoms. The van der Waals surface area contributed by atoms with Gasteiger partial charge in [-0.1, -0.05) is 13.8 Å². The Bertz CT molecular complexity index is 507.